The molecule has 8 nitrogen and oxygen atoms in total. The molecule has 0 heterocycles. The zero-order valence-corrected chi connectivity index (χ0v) is 20.9. The molecule has 0 fully saturated rings. The number of aliphatic carboxylic acids is 2. The van der Waals surface area contributed by atoms with Gasteiger partial charge in [0.2, 0.25) is 0 Å². The average Bonchev–Trinajstić information content (AvgIpc) is 2.84. The first-order valence-electron chi connectivity index (χ1n) is 11.9. The Hall–Kier alpha value is -2.78. The van der Waals surface area contributed by atoms with Crippen LogP contribution in [0.5, 0.6) is 0 Å². The molecule has 0 aliphatic carbocycles. The molecule has 0 spiro atoms. The summed E-state index contributed by atoms with van der Waals surface area (Å²) in [6.07, 6.45) is -1.40. The van der Waals surface area contributed by atoms with Gasteiger partial charge in [0, 0.05) is 37.6 Å². The summed E-state index contributed by atoms with van der Waals surface area (Å²) in [7, 11) is 0. The van der Waals surface area contributed by atoms with Crippen molar-refractivity contribution in [3.8, 4) is 0 Å². The van der Waals surface area contributed by atoms with Gasteiger partial charge in [-0.15, -0.1) is 0 Å². The van der Waals surface area contributed by atoms with E-state index < -0.39 is 29.9 Å². The van der Waals surface area contributed by atoms with E-state index in [9.17, 15) is 19.8 Å². The maximum absolute atomic E-state index is 12.3. The molecule has 0 radical (unpaired) electrons. The van der Waals surface area contributed by atoms with Crippen molar-refractivity contribution in [3.63, 3.8) is 0 Å². The zero-order chi connectivity index (χ0) is 25.8. The lowest BCUT2D eigenvalue weighted by atomic mass is 9.76. The van der Waals surface area contributed by atoms with Crippen LogP contribution in [0.4, 0.5) is 0 Å². The Morgan fingerprint density at radius 3 is 1.14 bits per heavy atom. The van der Waals surface area contributed by atoms with Crippen LogP contribution in [-0.2, 0) is 41.4 Å². The van der Waals surface area contributed by atoms with E-state index in [1.165, 1.54) is 0 Å². The Morgan fingerprint density at radius 2 is 0.914 bits per heavy atom. The number of carboxylic acid groups (broad SMARTS) is 2. The molecule has 0 saturated carbocycles. The van der Waals surface area contributed by atoms with Gasteiger partial charge in [-0.1, -0.05) is 48.5 Å². The molecule has 0 aliphatic heterocycles. The molecule has 8 heteroatoms. The molecule has 0 unspecified atom stereocenters. The van der Waals surface area contributed by atoms with Crippen molar-refractivity contribution in [3.05, 3.63) is 70.8 Å². The summed E-state index contributed by atoms with van der Waals surface area (Å²) in [5.74, 6) is -2.78. The van der Waals surface area contributed by atoms with E-state index >= 15 is 0 Å². The average molecular weight is 489 g/mol. The lowest BCUT2D eigenvalue weighted by Crippen LogP contribution is -2.43. The van der Waals surface area contributed by atoms with Gasteiger partial charge in [0.05, 0.1) is 0 Å². The second kappa shape index (κ2) is 13.9. The van der Waals surface area contributed by atoms with Crippen molar-refractivity contribution < 1.29 is 38.7 Å². The normalized spacial score (nSPS) is 11.8. The summed E-state index contributed by atoms with van der Waals surface area (Å²) in [5, 5.41) is 20.0. The molecule has 2 aromatic carbocycles. The topological polar surface area (TPSA) is 112 Å². The van der Waals surface area contributed by atoms with Gasteiger partial charge < -0.3 is 29.2 Å². The summed E-state index contributed by atoms with van der Waals surface area (Å²) in [4.78, 5) is 24.6. The van der Waals surface area contributed by atoms with Crippen LogP contribution < -0.4 is 0 Å². The second-order valence-electron chi connectivity index (χ2n) is 8.01. The predicted octanol–water partition coefficient (Wildman–Crippen LogP) is 4.77. The lowest BCUT2D eigenvalue weighted by molar-refractivity contribution is -0.164. The maximum atomic E-state index is 12.3. The maximum Gasteiger partial charge on any atom is 0.321 e. The van der Waals surface area contributed by atoms with E-state index in [2.05, 4.69) is 0 Å². The van der Waals surface area contributed by atoms with Gasteiger partial charge in [-0.05, 0) is 51.7 Å². The molecule has 0 aromatic heterocycles. The van der Waals surface area contributed by atoms with Crippen LogP contribution in [0.3, 0.4) is 0 Å². The third-order valence-electron chi connectivity index (χ3n) is 5.61. The number of hydrogen-bond acceptors (Lipinski definition) is 6. The van der Waals surface area contributed by atoms with Crippen LogP contribution in [0, 0.1) is 5.41 Å². The molecule has 0 bridgehead atoms. The zero-order valence-electron chi connectivity index (χ0n) is 20.9. The third kappa shape index (κ3) is 7.60. The van der Waals surface area contributed by atoms with Crippen LogP contribution in [0.1, 0.15) is 62.5 Å². The van der Waals surface area contributed by atoms with Crippen molar-refractivity contribution in [2.24, 2.45) is 5.41 Å². The van der Waals surface area contributed by atoms with E-state index in [-0.39, 0.29) is 12.8 Å². The highest BCUT2D eigenvalue weighted by atomic mass is 16.7. The number of carboxylic acids is 2. The van der Waals surface area contributed by atoms with Crippen molar-refractivity contribution in [2.45, 2.75) is 53.1 Å². The number of rotatable bonds is 16. The van der Waals surface area contributed by atoms with Gasteiger partial charge in [-0.25, -0.2) is 0 Å². The summed E-state index contributed by atoms with van der Waals surface area (Å²) in [6.45, 7) is 9.38. The number of ether oxygens (including phenoxy) is 4. The first-order chi connectivity index (χ1) is 16.8. The Bertz CT molecular complexity index is 834. The molecule has 192 valence electrons. The Morgan fingerprint density at radius 1 is 0.629 bits per heavy atom. The highest BCUT2D eigenvalue weighted by Crippen LogP contribution is 2.31. The van der Waals surface area contributed by atoms with Crippen LogP contribution in [0.2, 0.25) is 0 Å². The van der Waals surface area contributed by atoms with E-state index in [1.54, 1.807) is 48.5 Å². The van der Waals surface area contributed by atoms with E-state index in [0.29, 0.717) is 37.6 Å². The van der Waals surface area contributed by atoms with Gasteiger partial charge >= 0.3 is 11.9 Å². The lowest BCUT2D eigenvalue weighted by Gasteiger charge is -2.26. The van der Waals surface area contributed by atoms with E-state index in [0.717, 1.165) is 11.1 Å². The molecule has 0 amide bonds. The Kier molecular flexibility index (Phi) is 11.3. The molecule has 0 aliphatic rings. The summed E-state index contributed by atoms with van der Waals surface area (Å²) in [5.41, 5.74) is 0.718. The molecule has 2 N–H and O–H groups in total. The van der Waals surface area contributed by atoms with Crippen LogP contribution in [-0.4, -0.2) is 48.6 Å². The van der Waals surface area contributed by atoms with Crippen LogP contribution in [0.25, 0.3) is 0 Å². The Balaban J connectivity index is 2.28. The standard InChI is InChI=1S/C27H36O8/c1-5-32-23(33-6-2)21-13-9-19(10-14-21)17-27(25(28)29,26(30)31)18-20-11-15-22(16-12-20)24(34-7-3)35-8-4/h9-16,23-24H,5-8,17-18H2,1-4H3,(H,28,29)(H,30,31). The molecule has 35 heavy (non-hydrogen) atoms. The summed E-state index contributed by atoms with van der Waals surface area (Å²) in [6, 6.07) is 14.0. The highest BCUT2D eigenvalue weighted by molar-refractivity contribution is 5.98. The van der Waals surface area contributed by atoms with Crippen LogP contribution >= 0.6 is 0 Å². The fourth-order valence-corrected chi connectivity index (χ4v) is 3.83. The fourth-order valence-electron chi connectivity index (χ4n) is 3.83. The first kappa shape index (κ1) is 28.5. The highest BCUT2D eigenvalue weighted by Gasteiger charge is 2.46. The predicted molar refractivity (Wildman–Crippen MR) is 130 cm³/mol. The minimum Gasteiger partial charge on any atom is -0.480 e. The SMILES string of the molecule is CCOC(OCC)c1ccc(CC(Cc2ccc(C(OCC)OCC)cc2)(C(=O)O)C(=O)O)cc1. The van der Waals surface area contributed by atoms with E-state index in [4.69, 9.17) is 18.9 Å². The fraction of sp³-hybridized carbons (Fsp3) is 0.481. The largest absolute Gasteiger partial charge is 0.480 e. The smallest absolute Gasteiger partial charge is 0.321 e. The van der Waals surface area contributed by atoms with Crippen molar-refractivity contribution in [1.29, 1.82) is 0 Å². The Labute approximate surface area is 206 Å². The van der Waals surface area contributed by atoms with Crippen molar-refractivity contribution in [2.75, 3.05) is 26.4 Å². The molecule has 0 atom stereocenters. The van der Waals surface area contributed by atoms with E-state index in [1.807, 2.05) is 27.7 Å². The van der Waals surface area contributed by atoms with Crippen molar-refractivity contribution in [1.82, 2.24) is 0 Å². The number of hydrogen-bond donors (Lipinski definition) is 2. The van der Waals surface area contributed by atoms with Crippen LogP contribution in [0.15, 0.2) is 48.5 Å². The second-order valence-corrected chi connectivity index (χ2v) is 8.01. The quantitative estimate of drug-likeness (QED) is 0.257. The number of carbonyl (C=O) groups is 2. The van der Waals surface area contributed by atoms with Gasteiger partial charge in [-0.2, -0.15) is 0 Å². The van der Waals surface area contributed by atoms with Gasteiger partial charge in [-0.3, -0.25) is 9.59 Å². The third-order valence-corrected chi connectivity index (χ3v) is 5.61. The van der Waals surface area contributed by atoms with Gasteiger partial charge in [0.1, 0.15) is 0 Å². The van der Waals surface area contributed by atoms with Crippen molar-refractivity contribution >= 4 is 11.9 Å². The molecule has 0 saturated heterocycles. The minimum atomic E-state index is -2.03. The molecule has 2 rings (SSSR count). The molecule has 2 aromatic rings. The monoisotopic (exact) mass is 488 g/mol. The van der Waals surface area contributed by atoms with Gasteiger partial charge in [0.25, 0.3) is 0 Å². The summed E-state index contributed by atoms with van der Waals surface area (Å²) >= 11 is 0. The summed E-state index contributed by atoms with van der Waals surface area (Å²) < 4.78 is 22.4. The number of benzene rings is 2. The molecular formula is C27H36O8. The molecular weight excluding hydrogens is 452 g/mol. The first-order valence-corrected chi connectivity index (χ1v) is 11.9. The minimum absolute atomic E-state index is 0.172. The van der Waals surface area contributed by atoms with Gasteiger partial charge in [0.15, 0.2) is 18.0 Å².